The summed E-state index contributed by atoms with van der Waals surface area (Å²) in [6.07, 6.45) is 3.46. The average Bonchev–Trinajstić information content (AvgIpc) is 3.13. The fourth-order valence-electron chi connectivity index (χ4n) is 2.84. The lowest BCUT2D eigenvalue weighted by molar-refractivity contribution is 0.0641. The molecule has 0 unspecified atom stereocenters. The van der Waals surface area contributed by atoms with Gasteiger partial charge in [-0.05, 0) is 17.7 Å². The van der Waals surface area contributed by atoms with Gasteiger partial charge in [-0.25, -0.2) is 0 Å². The van der Waals surface area contributed by atoms with Gasteiger partial charge in [0.25, 0.3) is 11.8 Å². The lowest BCUT2D eigenvalue weighted by atomic mass is 10.2. The molecule has 112 valence electrons. The molecule has 0 fully saturated rings. The molecule has 1 aliphatic heterocycles. The number of hydrogen-bond donors (Lipinski definition) is 0. The number of carbonyl (C=O) groups excluding carboxylic acids is 2. The Morgan fingerprint density at radius 2 is 1.22 bits per heavy atom. The third-order valence-electron chi connectivity index (χ3n) is 4.02. The number of amides is 2. The Balaban J connectivity index is 1.65. The number of benzene rings is 2. The minimum Gasteiger partial charge on any atom is -0.322 e. The van der Waals surface area contributed by atoms with Crippen LogP contribution < -0.4 is 0 Å². The second-order valence-corrected chi connectivity index (χ2v) is 5.51. The van der Waals surface area contributed by atoms with E-state index >= 15 is 0 Å². The zero-order valence-electron chi connectivity index (χ0n) is 12.3. The maximum absolute atomic E-state index is 12.5. The van der Waals surface area contributed by atoms with Gasteiger partial charge in [-0.15, -0.1) is 0 Å². The average molecular weight is 302 g/mol. The smallest absolute Gasteiger partial charge is 0.263 e. The number of fused-ring (bicyclic) bond motifs is 1. The summed E-state index contributed by atoms with van der Waals surface area (Å²) in [4.78, 5) is 26.4. The predicted molar refractivity (Wildman–Crippen MR) is 86.4 cm³/mol. The lowest BCUT2D eigenvalue weighted by Gasteiger charge is -2.14. The van der Waals surface area contributed by atoms with Crippen molar-refractivity contribution in [2.45, 2.75) is 6.54 Å². The van der Waals surface area contributed by atoms with Gasteiger partial charge in [-0.1, -0.05) is 48.5 Å². The highest BCUT2D eigenvalue weighted by Crippen LogP contribution is 2.27. The molecule has 0 atom stereocenters. The van der Waals surface area contributed by atoms with Gasteiger partial charge < -0.3 is 4.57 Å². The Kier molecular flexibility index (Phi) is 3.08. The number of para-hydroxylation sites is 1. The van der Waals surface area contributed by atoms with Crippen molar-refractivity contribution in [1.29, 1.82) is 0 Å². The molecule has 4 rings (SSSR count). The van der Waals surface area contributed by atoms with Crippen molar-refractivity contribution in [2.24, 2.45) is 0 Å². The largest absolute Gasteiger partial charge is 0.322 e. The summed E-state index contributed by atoms with van der Waals surface area (Å²) in [6.45, 7) is 0.304. The normalized spacial score (nSPS) is 13.5. The van der Waals surface area contributed by atoms with E-state index in [0.717, 1.165) is 11.3 Å². The molecular formula is C19H14N2O2. The Morgan fingerprint density at radius 1 is 0.696 bits per heavy atom. The Labute approximate surface area is 133 Å². The van der Waals surface area contributed by atoms with Crippen LogP contribution in [0.2, 0.25) is 0 Å². The zero-order valence-corrected chi connectivity index (χ0v) is 12.3. The monoisotopic (exact) mass is 302 g/mol. The molecule has 1 aromatic heterocycles. The van der Waals surface area contributed by atoms with Gasteiger partial charge in [0.2, 0.25) is 0 Å². The van der Waals surface area contributed by atoms with Crippen LogP contribution in [0.25, 0.3) is 5.69 Å². The zero-order chi connectivity index (χ0) is 15.8. The van der Waals surface area contributed by atoms with Crippen LogP contribution in [0.5, 0.6) is 0 Å². The van der Waals surface area contributed by atoms with Crippen LogP contribution in [0.3, 0.4) is 0 Å². The van der Waals surface area contributed by atoms with Crippen molar-refractivity contribution in [3.05, 3.63) is 89.7 Å². The number of rotatable bonds is 3. The molecule has 2 heterocycles. The van der Waals surface area contributed by atoms with Crippen LogP contribution in [0.1, 0.15) is 26.3 Å². The Morgan fingerprint density at radius 3 is 1.78 bits per heavy atom. The van der Waals surface area contributed by atoms with Crippen molar-refractivity contribution in [3.63, 3.8) is 0 Å². The molecule has 1 aliphatic rings. The molecule has 2 aromatic carbocycles. The summed E-state index contributed by atoms with van der Waals surface area (Å²) in [5.41, 5.74) is 2.80. The highest BCUT2D eigenvalue weighted by Gasteiger charge is 2.37. The van der Waals surface area contributed by atoms with Gasteiger partial charge in [0.15, 0.2) is 0 Å². The molecule has 0 saturated carbocycles. The van der Waals surface area contributed by atoms with E-state index in [1.165, 1.54) is 4.90 Å². The van der Waals surface area contributed by atoms with Crippen LogP contribution in [0.4, 0.5) is 0 Å². The minimum absolute atomic E-state index is 0.233. The summed E-state index contributed by atoms with van der Waals surface area (Å²) in [5, 5.41) is 0. The van der Waals surface area contributed by atoms with E-state index in [1.807, 2.05) is 65.2 Å². The summed E-state index contributed by atoms with van der Waals surface area (Å²) in [6, 6.07) is 19.2. The van der Waals surface area contributed by atoms with Crippen LogP contribution in [0.15, 0.2) is 73.1 Å². The molecule has 0 aliphatic carbocycles. The van der Waals surface area contributed by atoms with E-state index in [0.29, 0.717) is 17.7 Å². The van der Waals surface area contributed by atoms with Crippen molar-refractivity contribution < 1.29 is 9.59 Å². The first-order valence-electron chi connectivity index (χ1n) is 7.41. The predicted octanol–water partition coefficient (Wildman–Crippen LogP) is 3.27. The molecule has 0 spiro atoms. The van der Waals surface area contributed by atoms with Gasteiger partial charge in [0.1, 0.15) is 0 Å². The SMILES string of the molecule is O=C1c2cn(-c3ccccc3)cc2C(=O)N1Cc1ccccc1. The summed E-state index contributed by atoms with van der Waals surface area (Å²) < 4.78 is 1.82. The summed E-state index contributed by atoms with van der Waals surface area (Å²) >= 11 is 0. The molecule has 4 nitrogen and oxygen atoms in total. The van der Waals surface area contributed by atoms with Crippen molar-refractivity contribution in [2.75, 3.05) is 0 Å². The number of hydrogen-bond acceptors (Lipinski definition) is 2. The molecule has 0 saturated heterocycles. The van der Waals surface area contributed by atoms with Crippen LogP contribution in [-0.4, -0.2) is 21.3 Å². The first-order valence-corrected chi connectivity index (χ1v) is 7.41. The highest BCUT2D eigenvalue weighted by atomic mass is 16.2. The van der Waals surface area contributed by atoms with Crippen molar-refractivity contribution >= 4 is 11.8 Å². The molecule has 0 bridgehead atoms. The van der Waals surface area contributed by atoms with E-state index in [2.05, 4.69) is 0 Å². The van der Waals surface area contributed by atoms with E-state index < -0.39 is 0 Å². The number of carbonyl (C=O) groups is 2. The van der Waals surface area contributed by atoms with Crippen LogP contribution in [-0.2, 0) is 6.54 Å². The van der Waals surface area contributed by atoms with E-state index in [4.69, 9.17) is 0 Å². The number of nitrogens with zero attached hydrogens (tertiary/aromatic N) is 2. The van der Waals surface area contributed by atoms with Gasteiger partial charge in [-0.2, -0.15) is 0 Å². The maximum atomic E-state index is 12.5. The highest BCUT2D eigenvalue weighted by molar-refractivity contribution is 6.21. The molecule has 0 radical (unpaired) electrons. The maximum Gasteiger partial charge on any atom is 0.263 e. The topological polar surface area (TPSA) is 42.3 Å². The third kappa shape index (κ3) is 2.25. The first-order chi connectivity index (χ1) is 11.2. The van der Waals surface area contributed by atoms with E-state index in [9.17, 15) is 9.59 Å². The Bertz CT molecular complexity index is 849. The van der Waals surface area contributed by atoms with Gasteiger partial charge in [0, 0.05) is 18.1 Å². The Hall–Kier alpha value is -3.14. The molecule has 4 heteroatoms. The lowest BCUT2D eigenvalue weighted by Crippen LogP contribution is -2.29. The minimum atomic E-state index is -0.233. The number of aromatic nitrogens is 1. The molecule has 3 aromatic rings. The van der Waals surface area contributed by atoms with Gasteiger partial charge >= 0.3 is 0 Å². The standard InChI is InChI=1S/C19H14N2O2/c22-18-16-12-20(15-9-5-2-6-10-15)13-17(16)19(23)21(18)11-14-7-3-1-4-8-14/h1-10,12-13H,11H2. The molecule has 23 heavy (non-hydrogen) atoms. The van der Waals surface area contributed by atoms with E-state index in [1.54, 1.807) is 12.4 Å². The third-order valence-corrected chi connectivity index (χ3v) is 4.02. The summed E-state index contributed by atoms with van der Waals surface area (Å²) in [7, 11) is 0. The first kappa shape index (κ1) is 13.5. The molecule has 0 N–H and O–H groups in total. The van der Waals surface area contributed by atoms with Crippen molar-refractivity contribution in [3.8, 4) is 5.69 Å². The summed E-state index contributed by atoms with van der Waals surface area (Å²) in [5.74, 6) is -0.466. The fourth-order valence-corrected chi connectivity index (χ4v) is 2.84. The van der Waals surface area contributed by atoms with Crippen molar-refractivity contribution in [1.82, 2.24) is 9.47 Å². The quantitative estimate of drug-likeness (QED) is 0.697. The van der Waals surface area contributed by atoms with Gasteiger partial charge in [-0.3, -0.25) is 14.5 Å². The van der Waals surface area contributed by atoms with Crippen LogP contribution in [0, 0.1) is 0 Å². The fraction of sp³-hybridized carbons (Fsp3) is 0.0526. The molecule has 2 amide bonds. The second-order valence-electron chi connectivity index (χ2n) is 5.51. The molecular weight excluding hydrogens is 288 g/mol. The van der Waals surface area contributed by atoms with E-state index in [-0.39, 0.29) is 11.8 Å². The van der Waals surface area contributed by atoms with Crippen LogP contribution >= 0.6 is 0 Å². The number of imide groups is 1. The van der Waals surface area contributed by atoms with Gasteiger partial charge in [0.05, 0.1) is 17.7 Å². The second kappa shape index (κ2) is 5.25.